The Morgan fingerprint density at radius 3 is 2.62 bits per heavy atom. The molecule has 1 fully saturated rings. The molecule has 1 aliphatic rings. The number of urea groups is 1. The van der Waals surface area contributed by atoms with Crippen LogP contribution in [0.5, 0.6) is 0 Å². The van der Waals surface area contributed by atoms with Gasteiger partial charge in [-0.1, -0.05) is 0 Å². The molecule has 0 radical (unpaired) electrons. The van der Waals surface area contributed by atoms with Gasteiger partial charge in [-0.25, -0.2) is 4.79 Å². The standard InChI is InChI=1S/C8H13N3O2/c1-3-11(4-2,9-7-12)8(13)10-5-6-10/h3,7H,1,4-6H2,2H3/p+1. The highest BCUT2D eigenvalue weighted by atomic mass is 16.2. The molecule has 1 rings (SSSR count). The van der Waals surface area contributed by atoms with E-state index in [0.29, 0.717) is 13.0 Å². The second kappa shape index (κ2) is 3.57. The van der Waals surface area contributed by atoms with Gasteiger partial charge >= 0.3 is 6.03 Å². The van der Waals surface area contributed by atoms with Crippen molar-refractivity contribution in [3.8, 4) is 0 Å². The minimum Gasteiger partial charge on any atom is -0.286 e. The van der Waals surface area contributed by atoms with Crippen LogP contribution in [0.15, 0.2) is 12.8 Å². The van der Waals surface area contributed by atoms with Gasteiger partial charge in [-0.2, -0.15) is 5.43 Å². The van der Waals surface area contributed by atoms with Crippen LogP contribution in [0.3, 0.4) is 0 Å². The lowest BCUT2D eigenvalue weighted by molar-refractivity contribution is -0.835. The molecule has 0 aromatic heterocycles. The third-order valence-corrected chi connectivity index (χ3v) is 2.15. The van der Waals surface area contributed by atoms with E-state index in [4.69, 9.17) is 0 Å². The SMILES string of the molecule is C=C[N+](CC)(NC=O)C(=O)N1CC1. The summed E-state index contributed by atoms with van der Waals surface area (Å²) in [7, 11) is 0. The van der Waals surface area contributed by atoms with Crippen LogP contribution in [-0.2, 0) is 4.79 Å². The molecule has 1 unspecified atom stereocenters. The normalized spacial score (nSPS) is 18.7. The average molecular weight is 184 g/mol. The van der Waals surface area contributed by atoms with Crippen molar-refractivity contribution >= 4 is 12.4 Å². The number of amides is 3. The predicted molar refractivity (Wildman–Crippen MR) is 47.2 cm³/mol. The van der Waals surface area contributed by atoms with Crippen LogP contribution in [0.25, 0.3) is 0 Å². The van der Waals surface area contributed by atoms with Crippen molar-refractivity contribution in [2.75, 3.05) is 19.6 Å². The lowest BCUT2D eigenvalue weighted by Crippen LogP contribution is -2.58. The fourth-order valence-corrected chi connectivity index (χ4v) is 1.13. The zero-order chi connectivity index (χ0) is 9.90. The molecule has 1 aliphatic heterocycles. The Bertz CT molecular complexity index is 238. The molecule has 0 spiro atoms. The van der Waals surface area contributed by atoms with Crippen LogP contribution in [0, 0.1) is 0 Å². The molecule has 1 N–H and O–H groups in total. The fourth-order valence-electron chi connectivity index (χ4n) is 1.13. The van der Waals surface area contributed by atoms with Crippen molar-refractivity contribution in [1.29, 1.82) is 0 Å². The molecule has 5 nitrogen and oxygen atoms in total. The maximum atomic E-state index is 11.7. The van der Waals surface area contributed by atoms with Gasteiger partial charge in [0.25, 0.3) is 6.41 Å². The number of rotatable bonds is 4. The van der Waals surface area contributed by atoms with E-state index in [1.54, 1.807) is 4.90 Å². The average Bonchev–Trinajstić information content (AvgIpc) is 2.96. The Kier molecular flexibility index (Phi) is 2.67. The van der Waals surface area contributed by atoms with Gasteiger partial charge in [0.1, 0.15) is 12.7 Å². The molecule has 1 heterocycles. The minimum atomic E-state index is -0.205. The molecular weight excluding hydrogens is 170 g/mol. The maximum Gasteiger partial charge on any atom is 0.448 e. The second-order valence-corrected chi connectivity index (χ2v) is 2.88. The third-order valence-electron chi connectivity index (χ3n) is 2.15. The number of hydrogen-bond acceptors (Lipinski definition) is 2. The highest BCUT2D eigenvalue weighted by Gasteiger charge is 2.42. The van der Waals surface area contributed by atoms with Crippen molar-refractivity contribution in [2.45, 2.75) is 6.92 Å². The first-order valence-electron chi connectivity index (χ1n) is 4.22. The largest absolute Gasteiger partial charge is 0.448 e. The Balaban J connectivity index is 2.78. The van der Waals surface area contributed by atoms with Crippen molar-refractivity contribution in [3.63, 3.8) is 0 Å². The van der Waals surface area contributed by atoms with Crippen LogP contribution in [-0.4, -0.2) is 41.6 Å². The van der Waals surface area contributed by atoms with Gasteiger partial charge in [-0.15, -0.1) is 4.59 Å². The zero-order valence-corrected chi connectivity index (χ0v) is 7.69. The number of carbonyl (C=O) groups excluding carboxylic acids is 2. The molecular formula is C8H14N3O2+. The first kappa shape index (κ1) is 9.73. The molecule has 72 valence electrons. The number of quaternary nitrogens is 1. The highest BCUT2D eigenvalue weighted by Crippen LogP contribution is 2.14. The number of nitrogens with zero attached hydrogens (tertiary/aromatic N) is 2. The van der Waals surface area contributed by atoms with E-state index in [0.717, 1.165) is 13.1 Å². The molecule has 0 aromatic carbocycles. The topological polar surface area (TPSA) is 49.2 Å². The van der Waals surface area contributed by atoms with Gasteiger partial charge in [0, 0.05) is 13.1 Å². The van der Waals surface area contributed by atoms with E-state index in [1.807, 2.05) is 6.92 Å². The summed E-state index contributed by atoms with van der Waals surface area (Å²) in [6, 6.07) is -0.121. The quantitative estimate of drug-likeness (QED) is 0.291. The Hall–Kier alpha value is -1.36. The molecule has 0 saturated carbocycles. The van der Waals surface area contributed by atoms with Crippen LogP contribution < -0.4 is 5.43 Å². The third kappa shape index (κ3) is 1.70. The summed E-state index contributed by atoms with van der Waals surface area (Å²) >= 11 is 0. The molecule has 1 saturated heterocycles. The Morgan fingerprint density at radius 1 is 1.69 bits per heavy atom. The summed E-state index contributed by atoms with van der Waals surface area (Å²) in [5.74, 6) is 0. The van der Waals surface area contributed by atoms with Gasteiger partial charge in [0.05, 0.1) is 0 Å². The van der Waals surface area contributed by atoms with Crippen LogP contribution >= 0.6 is 0 Å². The van der Waals surface area contributed by atoms with E-state index in [1.165, 1.54) is 6.20 Å². The Labute approximate surface area is 77.2 Å². The van der Waals surface area contributed by atoms with Crippen molar-refractivity contribution in [3.05, 3.63) is 12.8 Å². The van der Waals surface area contributed by atoms with E-state index >= 15 is 0 Å². The van der Waals surface area contributed by atoms with E-state index in [9.17, 15) is 9.59 Å². The predicted octanol–water partition coefficient (Wildman–Crippen LogP) is 0.0632. The fraction of sp³-hybridized carbons (Fsp3) is 0.500. The van der Waals surface area contributed by atoms with Gasteiger partial charge in [-0.05, 0) is 13.5 Å². The molecule has 13 heavy (non-hydrogen) atoms. The summed E-state index contributed by atoms with van der Waals surface area (Å²) in [6.45, 7) is 7.39. The summed E-state index contributed by atoms with van der Waals surface area (Å²) < 4.78 is -0.205. The molecule has 0 aromatic rings. The molecule has 0 bridgehead atoms. The van der Waals surface area contributed by atoms with Crippen molar-refractivity contribution < 1.29 is 14.2 Å². The number of hydrogen-bond donors (Lipinski definition) is 1. The highest BCUT2D eigenvalue weighted by molar-refractivity contribution is 5.71. The smallest absolute Gasteiger partial charge is 0.286 e. The molecule has 0 aliphatic carbocycles. The van der Waals surface area contributed by atoms with Crippen molar-refractivity contribution in [2.24, 2.45) is 0 Å². The number of nitrogens with one attached hydrogen (secondary N) is 1. The maximum absolute atomic E-state index is 11.7. The second-order valence-electron chi connectivity index (χ2n) is 2.88. The van der Waals surface area contributed by atoms with Crippen molar-refractivity contribution in [1.82, 2.24) is 10.3 Å². The van der Waals surface area contributed by atoms with Gasteiger partial charge < -0.3 is 0 Å². The van der Waals surface area contributed by atoms with E-state index in [-0.39, 0.29) is 10.6 Å². The van der Waals surface area contributed by atoms with Crippen LogP contribution in [0.4, 0.5) is 4.79 Å². The molecule has 1 atom stereocenters. The Morgan fingerprint density at radius 2 is 2.31 bits per heavy atom. The summed E-state index contributed by atoms with van der Waals surface area (Å²) in [5, 5.41) is 0. The van der Waals surface area contributed by atoms with E-state index < -0.39 is 0 Å². The first-order chi connectivity index (χ1) is 6.20. The summed E-state index contributed by atoms with van der Waals surface area (Å²) in [6.07, 6.45) is 1.96. The first-order valence-corrected chi connectivity index (χ1v) is 4.22. The van der Waals surface area contributed by atoms with Gasteiger partial charge in [0.2, 0.25) is 0 Å². The van der Waals surface area contributed by atoms with Gasteiger partial charge in [0.15, 0.2) is 0 Å². The molecule has 3 amide bonds. The van der Waals surface area contributed by atoms with E-state index in [2.05, 4.69) is 12.0 Å². The summed E-state index contributed by atoms with van der Waals surface area (Å²) in [4.78, 5) is 23.7. The molecule has 5 heteroatoms. The lowest BCUT2D eigenvalue weighted by Gasteiger charge is -2.27. The number of carbonyl (C=O) groups is 2. The monoisotopic (exact) mass is 184 g/mol. The lowest BCUT2D eigenvalue weighted by atomic mass is 10.5. The van der Waals surface area contributed by atoms with Crippen LogP contribution in [0.1, 0.15) is 6.92 Å². The minimum absolute atomic E-state index is 0.121. The zero-order valence-electron chi connectivity index (χ0n) is 7.69. The van der Waals surface area contributed by atoms with Crippen LogP contribution in [0.2, 0.25) is 0 Å². The van der Waals surface area contributed by atoms with Gasteiger partial charge in [-0.3, -0.25) is 9.69 Å². The summed E-state index contributed by atoms with van der Waals surface area (Å²) in [5.41, 5.74) is 2.46.